The number of carbonyl (C=O) groups excluding carboxylic acids is 1. The van der Waals surface area contributed by atoms with E-state index in [1.165, 1.54) is 6.92 Å². The Morgan fingerprint density at radius 1 is 1.36 bits per heavy atom. The Morgan fingerprint density at radius 3 is 2.43 bits per heavy atom. The molecule has 0 fully saturated rings. The maximum atomic E-state index is 10.7. The second-order valence-corrected chi connectivity index (χ2v) is 3.29. The van der Waals surface area contributed by atoms with Crippen LogP contribution in [0.4, 0.5) is 5.69 Å². The predicted octanol–water partition coefficient (Wildman–Crippen LogP) is 2.55. The fourth-order valence-electron chi connectivity index (χ4n) is 0.820. The number of ketones is 1. The van der Waals surface area contributed by atoms with Crippen LogP contribution in [0.1, 0.15) is 12.5 Å². The van der Waals surface area contributed by atoms with Gasteiger partial charge in [0.1, 0.15) is 0 Å². The maximum absolute atomic E-state index is 10.7. The van der Waals surface area contributed by atoms with Crippen LogP contribution in [0.15, 0.2) is 29.4 Å². The number of aryl methyl sites for hydroxylation is 1. The molecule has 1 rings (SSSR count). The third kappa shape index (κ3) is 3.18. The van der Waals surface area contributed by atoms with E-state index in [0.29, 0.717) is 0 Å². The van der Waals surface area contributed by atoms with Gasteiger partial charge in [-0.15, -0.1) is 0 Å². The number of nitrogens with zero attached hydrogens (tertiary/aromatic N) is 1. The van der Waals surface area contributed by atoms with Crippen molar-refractivity contribution in [3.8, 4) is 0 Å². The number of halogens is 1. The van der Waals surface area contributed by atoms with E-state index in [1.54, 1.807) is 0 Å². The zero-order chi connectivity index (χ0) is 10.6. The summed E-state index contributed by atoms with van der Waals surface area (Å²) in [5.74, 6) is -0.258. The molecule has 0 aliphatic heterocycles. The van der Waals surface area contributed by atoms with Crippen molar-refractivity contribution in [1.29, 1.82) is 0 Å². The van der Waals surface area contributed by atoms with Crippen molar-refractivity contribution in [2.45, 2.75) is 13.8 Å². The summed E-state index contributed by atoms with van der Waals surface area (Å²) in [6.07, 6.45) is 0. The molecule has 4 heteroatoms. The molecule has 1 aromatic carbocycles. The van der Waals surface area contributed by atoms with Crippen molar-refractivity contribution in [2.75, 3.05) is 5.43 Å². The SMILES string of the molecule is CC(=O)/C(Cl)=N/Nc1ccc(C)cc1. The summed E-state index contributed by atoms with van der Waals surface area (Å²) in [7, 11) is 0. The summed E-state index contributed by atoms with van der Waals surface area (Å²) >= 11 is 5.53. The van der Waals surface area contributed by atoms with E-state index >= 15 is 0 Å². The number of nitrogens with one attached hydrogen (secondary N) is 1. The topological polar surface area (TPSA) is 41.5 Å². The Hall–Kier alpha value is -1.35. The first-order valence-electron chi connectivity index (χ1n) is 4.16. The Bertz CT molecular complexity index is 357. The number of anilines is 1. The van der Waals surface area contributed by atoms with Crippen molar-refractivity contribution in [1.82, 2.24) is 0 Å². The van der Waals surface area contributed by atoms with Crippen molar-refractivity contribution >= 4 is 28.2 Å². The number of hydrogen-bond donors (Lipinski definition) is 1. The summed E-state index contributed by atoms with van der Waals surface area (Å²) in [4.78, 5) is 10.7. The quantitative estimate of drug-likeness (QED) is 0.615. The number of Topliss-reactive ketones (excluding diaryl/α,β-unsaturated/α-hetero) is 1. The molecule has 0 aliphatic rings. The van der Waals surface area contributed by atoms with E-state index in [9.17, 15) is 4.79 Å². The zero-order valence-corrected chi connectivity index (χ0v) is 8.80. The first kappa shape index (κ1) is 10.7. The minimum Gasteiger partial charge on any atom is -0.292 e. The molecule has 1 N–H and O–H groups in total. The molecule has 0 aliphatic carbocycles. The van der Waals surface area contributed by atoms with Crippen LogP contribution in [0.25, 0.3) is 0 Å². The third-order valence-corrected chi connectivity index (χ3v) is 1.98. The van der Waals surface area contributed by atoms with Crippen LogP contribution in [0.5, 0.6) is 0 Å². The van der Waals surface area contributed by atoms with Crippen LogP contribution in [0, 0.1) is 6.92 Å². The van der Waals surface area contributed by atoms with Crippen LogP contribution < -0.4 is 5.43 Å². The van der Waals surface area contributed by atoms with Crippen LogP contribution in [-0.4, -0.2) is 11.0 Å². The van der Waals surface area contributed by atoms with Crippen molar-refractivity contribution in [2.24, 2.45) is 5.10 Å². The van der Waals surface area contributed by atoms with E-state index < -0.39 is 0 Å². The normalized spacial score (nSPS) is 11.2. The molecule has 0 bridgehead atoms. The molecule has 74 valence electrons. The first-order chi connectivity index (χ1) is 6.59. The molecular formula is C10H11ClN2O. The van der Waals surface area contributed by atoms with Gasteiger partial charge in [0.25, 0.3) is 0 Å². The lowest BCUT2D eigenvalue weighted by Crippen LogP contribution is -2.04. The van der Waals surface area contributed by atoms with E-state index in [0.717, 1.165) is 11.3 Å². The number of hydrazone groups is 1. The number of rotatable bonds is 3. The van der Waals surface area contributed by atoms with Crippen LogP contribution in [0.3, 0.4) is 0 Å². The van der Waals surface area contributed by atoms with Gasteiger partial charge in [-0.05, 0) is 19.1 Å². The highest BCUT2D eigenvalue weighted by atomic mass is 35.5. The molecular weight excluding hydrogens is 200 g/mol. The zero-order valence-electron chi connectivity index (χ0n) is 8.04. The summed E-state index contributed by atoms with van der Waals surface area (Å²) < 4.78 is 0. The average Bonchev–Trinajstić information content (AvgIpc) is 2.16. The van der Waals surface area contributed by atoms with Crippen LogP contribution in [-0.2, 0) is 4.79 Å². The predicted molar refractivity (Wildman–Crippen MR) is 58.8 cm³/mol. The lowest BCUT2D eigenvalue weighted by molar-refractivity contribution is -0.110. The minimum atomic E-state index is -0.258. The lowest BCUT2D eigenvalue weighted by Gasteiger charge is -2.00. The fraction of sp³-hybridized carbons (Fsp3) is 0.200. The maximum Gasteiger partial charge on any atom is 0.191 e. The van der Waals surface area contributed by atoms with Crippen molar-refractivity contribution in [3.05, 3.63) is 29.8 Å². The summed E-state index contributed by atoms with van der Waals surface area (Å²) in [5.41, 5.74) is 4.65. The second kappa shape index (κ2) is 4.77. The van der Waals surface area contributed by atoms with Crippen molar-refractivity contribution < 1.29 is 4.79 Å². The summed E-state index contributed by atoms with van der Waals surface area (Å²) in [6, 6.07) is 7.62. The number of carbonyl (C=O) groups is 1. The van der Waals surface area contributed by atoms with E-state index in [1.807, 2.05) is 31.2 Å². The van der Waals surface area contributed by atoms with E-state index in [4.69, 9.17) is 11.6 Å². The summed E-state index contributed by atoms with van der Waals surface area (Å²) in [5, 5.41) is 3.66. The number of hydrogen-bond acceptors (Lipinski definition) is 3. The molecule has 0 amide bonds. The highest BCUT2D eigenvalue weighted by Crippen LogP contribution is 2.08. The van der Waals surface area contributed by atoms with Crippen LogP contribution in [0.2, 0.25) is 0 Å². The van der Waals surface area contributed by atoms with Crippen molar-refractivity contribution in [3.63, 3.8) is 0 Å². The van der Waals surface area contributed by atoms with Gasteiger partial charge in [0.15, 0.2) is 11.0 Å². The molecule has 0 radical (unpaired) electrons. The molecule has 1 aromatic rings. The molecule has 0 unspecified atom stereocenters. The smallest absolute Gasteiger partial charge is 0.191 e. The highest BCUT2D eigenvalue weighted by molar-refractivity contribution is 6.82. The number of benzene rings is 1. The molecule has 14 heavy (non-hydrogen) atoms. The summed E-state index contributed by atoms with van der Waals surface area (Å²) in [6.45, 7) is 3.36. The lowest BCUT2D eigenvalue weighted by atomic mass is 10.2. The van der Waals surface area contributed by atoms with Gasteiger partial charge in [0.2, 0.25) is 0 Å². The Kier molecular flexibility index (Phi) is 3.65. The van der Waals surface area contributed by atoms with Gasteiger partial charge < -0.3 is 0 Å². The van der Waals surface area contributed by atoms with Gasteiger partial charge in [-0.2, -0.15) is 5.10 Å². The van der Waals surface area contributed by atoms with Gasteiger partial charge in [-0.25, -0.2) is 0 Å². The van der Waals surface area contributed by atoms with Gasteiger partial charge >= 0.3 is 0 Å². The Labute approximate surface area is 87.8 Å². The highest BCUT2D eigenvalue weighted by Gasteiger charge is 1.99. The second-order valence-electron chi connectivity index (χ2n) is 2.94. The molecule has 0 aromatic heterocycles. The Morgan fingerprint density at radius 2 is 1.93 bits per heavy atom. The molecule has 0 atom stereocenters. The standard InChI is InChI=1S/C10H11ClN2O/c1-7-3-5-9(6-4-7)12-13-10(11)8(2)14/h3-6,12H,1-2H3/b13-10-. The minimum absolute atomic E-state index is 0.0504. The average molecular weight is 211 g/mol. The first-order valence-corrected chi connectivity index (χ1v) is 4.54. The molecule has 0 spiro atoms. The molecule has 0 saturated carbocycles. The molecule has 3 nitrogen and oxygen atoms in total. The van der Waals surface area contributed by atoms with Crippen LogP contribution >= 0.6 is 11.6 Å². The Balaban J connectivity index is 2.66. The molecule has 0 saturated heterocycles. The largest absolute Gasteiger partial charge is 0.292 e. The molecule has 0 heterocycles. The van der Waals surface area contributed by atoms with Gasteiger partial charge in [0, 0.05) is 6.92 Å². The fourth-order valence-corrected chi connectivity index (χ4v) is 0.863. The third-order valence-electron chi connectivity index (χ3n) is 1.63. The van der Waals surface area contributed by atoms with E-state index in [2.05, 4.69) is 10.5 Å². The van der Waals surface area contributed by atoms with Gasteiger partial charge in [0.05, 0.1) is 5.69 Å². The van der Waals surface area contributed by atoms with E-state index in [-0.39, 0.29) is 11.0 Å². The van der Waals surface area contributed by atoms with Gasteiger partial charge in [-0.1, -0.05) is 29.3 Å². The van der Waals surface area contributed by atoms with Gasteiger partial charge in [-0.3, -0.25) is 10.2 Å². The monoisotopic (exact) mass is 210 g/mol.